The van der Waals surface area contributed by atoms with Crippen LogP contribution in [0.3, 0.4) is 0 Å². The van der Waals surface area contributed by atoms with E-state index in [2.05, 4.69) is 24.4 Å². The summed E-state index contributed by atoms with van der Waals surface area (Å²) in [5, 5.41) is 3.33. The second kappa shape index (κ2) is 8.13. The summed E-state index contributed by atoms with van der Waals surface area (Å²) < 4.78 is 0. The number of nitrogens with zero attached hydrogens (tertiary/aromatic N) is 1. The molecule has 2 saturated heterocycles. The maximum atomic E-state index is 13.0. The number of ketones is 1. The van der Waals surface area contributed by atoms with Gasteiger partial charge in [0.1, 0.15) is 5.78 Å². The van der Waals surface area contributed by atoms with Crippen molar-refractivity contribution in [2.45, 2.75) is 45.4 Å². The van der Waals surface area contributed by atoms with Crippen LogP contribution in [0.2, 0.25) is 0 Å². The highest BCUT2D eigenvalue weighted by molar-refractivity contribution is 5.85. The fourth-order valence-corrected chi connectivity index (χ4v) is 4.11. The molecule has 0 radical (unpaired) electrons. The molecule has 0 aromatic heterocycles. The minimum absolute atomic E-state index is 0.0201. The molecule has 2 heterocycles. The monoisotopic (exact) mass is 342 g/mol. The molecule has 2 fully saturated rings. The van der Waals surface area contributed by atoms with E-state index in [4.69, 9.17) is 0 Å². The molecule has 2 aliphatic rings. The van der Waals surface area contributed by atoms with Crippen molar-refractivity contribution in [2.24, 2.45) is 11.3 Å². The molecule has 2 aliphatic heterocycles. The van der Waals surface area contributed by atoms with Crippen LogP contribution in [0.15, 0.2) is 30.3 Å². The normalized spacial score (nSPS) is 23.2. The zero-order chi connectivity index (χ0) is 17.7. The molecular formula is C21H30N2O2. The van der Waals surface area contributed by atoms with E-state index in [1.807, 2.05) is 23.1 Å². The van der Waals surface area contributed by atoms with Gasteiger partial charge in [-0.15, -0.1) is 0 Å². The Morgan fingerprint density at radius 3 is 2.64 bits per heavy atom. The van der Waals surface area contributed by atoms with E-state index < -0.39 is 0 Å². The predicted octanol–water partition coefficient (Wildman–Crippen LogP) is 2.82. The number of hydrogen-bond acceptors (Lipinski definition) is 3. The Morgan fingerprint density at radius 2 is 1.92 bits per heavy atom. The Kier molecular flexibility index (Phi) is 5.89. The van der Waals surface area contributed by atoms with Crippen LogP contribution in [0.1, 0.15) is 44.6 Å². The number of aryl methyl sites for hydroxylation is 1. The Hall–Kier alpha value is -1.68. The summed E-state index contributed by atoms with van der Waals surface area (Å²) in [7, 11) is 0. The first-order valence-electron chi connectivity index (χ1n) is 9.65. The van der Waals surface area contributed by atoms with Crippen molar-refractivity contribution >= 4 is 11.7 Å². The van der Waals surface area contributed by atoms with Crippen LogP contribution in [0.4, 0.5) is 0 Å². The highest BCUT2D eigenvalue weighted by Gasteiger charge is 2.39. The van der Waals surface area contributed by atoms with Crippen LogP contribution in [-0.4, -0.2) is 42.8 Å². The first-order chi connectivity index (χ1) is 12.1. The van der Waals surface area contributed by atoms with Crippen molar-refractivity contribution in [1.29, 1.82) is 0 Å². The molecule has 0 bridgehead atoms. The minimum atomic E-state index is -0.250. The number of amides is 1. The Balaban J connectivity index is 1.55. The molecule has 136 valence electrons. The third kappa shape index (κ3) is 4.49. The van der Waals surface area contributed by atoms with Gasteiger partial charge in [-0.2, -0.15) is 0 Å². The lowest BCUT2D eigenvalue weighted by Gasteiger charge is -2.40. The van der Waals surface area contributed by atoms with Crippen molar-refractivity contribution in [2.75, 3.05) is 26.2 Å². The number of nitrogens with one attached hydrogen (secondary N) is 1. The molecule has 0 unspecified atom stereocenters. The van der Waals surface area contributed by atoms with Crippen LogP contribution in [0.5, 0.6) is 0 Å². The number of carbonyl (C=O) groups excluding carboxylic acids is 2. The maximum Gasteiger partial charge on any atom is 0.228 e. The average molecular weight is 342 g/mol. The van der Waals surface area contributed by atoms with E-state index in [9.17, 15) is 9.59 Å². The number of likely N-dealkylation sites (tertiary alicyclic amines) is 1. The fourth-order valence-electron chi connectivity index (χ4n) is 4.11. The SMILES string of the molecule is CC1(C(=O)N2CCC[C@@H](C(=O)CCc3ccccc3)C2)CCNCC1. The van der Waals surface area contributed by atoms with Crippen LogP contribution in [0.25, 0.3) is 0 Å². The molecule has 25 heavy (non-hydrogen) atoms. The van der Waals surface area contributed by atoms with Crippen molar-refractivity contribution in [3.05, 3.63) is 35.9 Å². The van der Waals surface area contributed by atoms with E-state index >= 15 is 0 Å². The summed E-state index contributed by atoms with van der Waals surface area (Å²) in [4.78, 5) is 27.6. The van der Waals surface area contributed by atoms with Crippen LogP contribution < -0.4 is 5.32 Å². The second-order valence-corrected chi connectivity index (χ2v) is 7.85. The number of Topliss-reactive ketones (excluding diaryl/α,β-unsaturated/α-hetero) is 1. The molecular weight excluding hydrogens is 312 g/mol. The third-order valence-electron chi connectivity index (χ3n) is 5.89. The minimum Gasteiger partial charge on any atom is -0.342 e. The molecule has 0 aliphatic carbocycles. The summed E-state index contributed by atoms with van der Waals surface area (Å²) >= 11 is 0. The summed E-state index contributed by atoms with van der Waals surface area (Å²) in [6.07, 6.45) is 5.05. The molecule has 0 spiro atoms. The average Bonchev–Trinajstić information content (AvgIpc) is 2.67. The highest BCUT2D eigenvalue weighted by Crippen LogP contribution is 2.32. The zero-order valence-electron chi connectivity index (χ0n) is 15.3. The molecule has 1 aromatic carbocycles. The van der Waals surface area contributed by atoms with Gasteiger partial charge in [0.05, 0.1) is 0 Å². The summed E-state index contributed by atoms with van der Waals surface area (Å²) in [5.74, 6) is 0.595. The molecule has 4 heteroatoms. The first kappa shape index (κ1) is 18.1. The van der Waals surface area contributed by atoms with Crippen LogP contribution in [0, 0.1) is 11.3 Å². The van der Waals surface area contributed by atoms with Crippen molar-refractivity contribution in [1.82, 2.24) is 10.2 Å². The summed E-state index contributed by atoms with van der Waals surface area (Å²) in [6.45, 7) is 5.35. The van der Waals surface area contributed by atoms with Crippen LogP contribution >= 0.6 is 0 Å². The number of benzene rings is 1. The van der Waals surface area contributed by atoms with Gasteiger partial charge in [0.25, 0.3) is 0 Å². The number of carbonyl (C=O) groups is 2. The molecule has 1 aromatic rings. The Labute approximate surface area is 151 Å². The largest absolute Gasteiger partial charge is 0.342 e. The van der Waals surface area contributed by atoms with Gasteiger partial charge in [-0.3, -0.25) is 9.59 Å². The van der Waals surface area contributed by atoms with Gasteiger partial charge in [0.15, 0.2) is 0 Å². The quantitative estimate of drug-likeness (QED) is 0.895. The van der Waals surface area contributed by atoms with E-state index in [0.29, 0.717) is 18.7 Å². The molecule has 3 rings (SSSR count). The summed E-state index contributed by atoms with van der Waals surface area (Å²) in [5.41, 5.74) is 0.960. The van der Waals surface area contributed by atoms with Gasteiger partial charge in [-0.05, 0) is 50.8 Å². The molecule has 1 N–H and O–H groups in total. The lowest BCUT2D eigenvalue weighted by molar-refractivity contribution is -0.145. The number of rotatable bonds is 5. The van der Waals surface area contributed by atoms with Gasteiger partial charge in [0.2, 0.25) is 5.91 Å². The highest BCUT2D eigenvalue weighted by atomic mass is 16.2. The van der Waals surface area contributed by atoms with Crippen molar-refractivity contribution < 1.29 is 9.59 Å². The number of piperidine rings is 2. The standard InChI is InChI=1S/C21H30N2O2/c1-21(11-13-22-14-12-21)20(25)23-15-5-8-18(16-23)19(24)10-9-17-6-3-2-4-7-17/h2-4,6-7,18,22H,5,8-16H2,1H3/t18-/m1/s1. The van der Waals surface area contributed by atoms with Crippen LogP contribution in [-0.2, 0) is 16.0 Å². The molecule has 0 saturated carbocycles. The third-order valence-corrected chi connectivity index (χ3v) is 5.89. The Bertz CT molecular complexity index is 593. The van der Waals surface area contributed by atoms with E-state index in [-0.39, 0.29) is 17.2 Å². The first-order valence-corrected chi connectivity index (χ1v) is 9.65. The molecule has 4 nitrogen and oxygen atoms in total. The lowest BCUT2D eigenvalue weighted by Crippen LogP contribution is -2.51. The van der Waals surface area contributed by atoms with Crippen molar-refractivity contribution in [3.63, 3.8) is 0 Å². The molecule has 1 amide bonds. The fraction of sp³-hybridized carbons (Fsp3) is 0.619. The van der Waals surface area contributed by atoms with E-state index in [0.717, 1.165) is 51.7 Å². The number of hydrogen-bond donors (Lipinski definition) is 1. The maximum absolute atomic E-state index is 13.0. The van der Waals surface area contributed by atoms with E-state index in [1.54, 1.807) is 0 Å². The van der Waals surface area contributed by atoms with Gasteiger partial charge >= 0.3 is 0 Å². The second-order valence-electron chi connectivity index (χ2n) is 7.85. The van der Waals surface area contributed by atoms with Gasteiger partial charge in [-0.1, -0.05) is 37.3 Å². The van der Waals surface area contributed by atoms with Gasteiger partial charge < -0.3 is 10.2 Å². The smallest absolute Gasteiger partial charge is 0.228 e. The lowest BCUT2D eigenvalue weighted by atomic mass is 9.78. The van der Waals surface area contributed by atoms with Gasteiger partial charge in [0, 0.05) is 30.8 Å². The Morgan fingerprint density at radius 1 is 1.20 bits per heavy atom. The topological polar surface area (TPSA) is 49.4 Å². The van der Waals surface area contributed by atoms with Gasteiger partial charge in [-0.25, -0.2) is 0 Å². The van der Waals surface area contributed by atoms with Crippen molar-refractivity contribution in [3.8, 4) is 0 Å². The predicted molar refractivity (Wildman–Crippen MR) is 99.3 cm³/mol. The molecule has 1 atom stereocenters. The summed E-state index contributed by atoms with van der Waals surface area (Å²) in [6, 6.07) is 10.2. The van der Waals surface area contributed by atoms with E-state index in [1.165, 1.54) is 5.56 Å². The zero-order valence-corrected chi connectivity index (χ0v) is 15.3.